The lowest BCUT2D eigenvalue weighted by Crippen LogP contribution is -1.97. The topological polar surface area (TPSA) is 32.6 Å². The Hall–Kier alpha value is -1.38. The van der Waals surface area contributed by atoms with E-state index in [0.717, 1.165) is 24.8 Å². The fourth-order valence-electron chi connectivity index (χ4n) is 1.74. The van der Waals surface area contributed by atoms with Crippen molar-refractivity contribution in [2.24, 2.45) is 5.16 Å². The van der Waals surface area contributed by atoms with Crippen LogP contribution in [-0.2, 0) is 6.42 Å². The molecule has 0 saturated carbocycles. The second-order valence-electron chi connectivity index (χ2n) is 3.87. The Labute approximate surface area is 95.8 Å². The Kier molecular flexibility index (Phi) is 5.54. The molecule has 0 atom stereocenters. The summed E-state index contributed by atoms with van der Waals surface area (Å²) in [7, 11) is 0. The van der Waals surface area contributed by atoms with Crippen molar-refractivity contribution in [3.63, 3.8) is 0 Å². The van der Waals surface area contributed by atoms with Crippen LogP contribution in [0.15, 0.2) is 23.4 Å². The van der Waals surface area contributed by atoms with Gasteiger partial charge in [-0.25, -0.2) is 4.39 Å². The van der Waals surface area contributed by atoms with Crippen LogP contribution >= 0.6 is 0 Å². The van der Waals surface area contributed by atoms with Gasteiger partial charge in [0, 0.05) is 5.56 Å². The Morgan fingerprint density at radius 3 is 2.81 bits per heavy atom. The molecule has 0 bridgehead atoms. The zero-order chi connectivity index (χ0) is 11.8. The van der Waals surface area contributed by atoms with Gasteiger partial charge in [-0.15, -0.1) is 0 Å². The highest BCUT2D eigenvalue weighted by Gasteiger charge is 2.05. The third-order valence-corrected chi connectivity index (χ3v) is 2.63. The van der Waals surface area contributed by atoms with E-state index in [-0.39, 0.29) is 5.82 Å². The van der Waals surface area contributed by atoms with Crippen LogP contribution in [0, 0.1) is 5.82 Å². The van der Waals surface area contributed by atoms with Crippen molar-refractivity contribution in [3.05, 3.63) is 35.1 Å². The highest BCUT2D eigenvalue weighted by atomic mass is 19.1. The van der Waals surface area contributed by atoms with Gasteiger partial charge >= 0.3 is 0 Å². The summed E-state index contributed by atoms with van der Waals surface area (Å²) in [6, 6.07) is 4.96. The molecule has 0 amide bonds. The number of unbranched alkanes of at least 4 members (excludes halogenated alkanes) is 3. The van der Waals surface area contributed by atoms with Crippen molar-refractivity contribution in [2.75, 3.05) is 0 Å². The SMILES string of the molecule is CCCCCCc1cccc(F)c1/C=N/O. The molecule has 0 aromatic heterocycles. The maximum atomic E-state index is 13.4. The van der Waals surface area contributed by atoms with Crippen LogP contribution in [-0.4, -0.2) is 11.4 Å². The zero-order valence-corrected chi connectivity index (χ0v) is 9.62. The summed E-state index contributed by atoms with van der Waals surface area (Å²) in [5, 5.41) is 11.4. The van der Waals surface area contributed by atoms with E-state index in [4.69, 9.17) is 5.21 Å². The number of rotatable bonds is 6. The van der Waals surface area contributed by atoms with E-state index in [1.807, 2.05) is 6.07 Å². The minimum absolute atomic E-state index is 0.328. The van der Waals surface area contributed by atoms with Gasteiger partial charge in [0.1, 0.15) is 5.82 Å². The Bertz CT molecular complexity index is 350. The lowest BCUT2D eigenvalue weighted by Gasteiger charge is -2.06. The van der Waals surface area contributed by atoms with Crippen LogP contribution in [0.5, 0.6) is 0 Å². The summed E-state index contributed by atoms with van der Waals surface area (Å²) in [6.45, 7) is 2.16. The normalized spacial score (nSPS) is 11.1. The molecule has 0 aliphatic carbocycles. The second kappa shape index (κ2) is 6.99. The van der Waals surface area contributed by atoms with Crippen molar-refractivity contribution < 1.29 is 9.60 Å². The predicted molar refractivity (Wildman–Crippen MR) is 63.6 cm³/mol. The molecular weight excluding hydrogens is 205 g/mol. The molecule has 1 N–H and O–H groups in total. The maximum absolute atomic E-state index is 13.4. The van der Waals surface area contributed by atoms with Crippen LogP contribution in [0.4, 0.5) is 4.39 Å². The number of aryl methyl sites for hydroxylation is 1. The average Bonchev–Trinajstić information content (AvgIpc) is 2.29. The van der Waals surface area contributed by atoms with Gasteiger partial charge in [0.15, 0.2) is 0 Å². The van der Waals surface area contributed by atoms with Crippen molar-refractivity contribution in [1.29, 1.82) is 0 Å². The molecule has 0 aliphatic heterocycles. The van der Waals surface area contributed by atoms with Crippen molar-refractivity contribution in [1.82, 2.24) is 0 Å². The lowest BCUT2D eigenvalue weighted by atomic mass is 10.0. The highest BCUT2D eigenvalue weighted by molar-refractivity contribution is 5.81. The number of oxime groups is 1. The van der Waals surface area contributed by atoms with E-state index in [9.17, 15) is 4.39 Å². The minimum atomic E-state index is -0.328. The van der Waals surface area contributed by atoms with Crippen LogP contribution in [0.2, 0.25) is 0 Å². The van der Waals surface area contributed by atoms with Gasteiger partial charge in [-0.2, -0.15) is 0 Å². The van der Waals surface area contributed by atoms with Crippen molar-refractivity contribution in [3.8, 4) is 0 Å². The molecule has 0 aliphatic rings. The molecule has 0 radical (unpaired) electrons. The smallest absolute Gasteiger partial charge is 0.132 e. The van der Waals surface area contributed by atoms with Gasteiger partial charge in [-0.3, -0.25) is 0 Å². The minimum Gasteiger partial charge on any atom is -0.411 e. The van der Waals surface area contributed by atoms with Gasteiger partial charge in [0.05, 0.1) is 6.21 Å². The van der Waals surface area contributed by atoms with Crippen molar-refractivity contribution >= 4 is 6.21 Å². The molecule has 1 aromatic carbocycles. The van der Waals surface area contributed by atoms with E-state index in [1.165, 1.54) is 25.1 Å². The summed E-state index contributed by atoms with van der Waals surface area (Å²) < 4.78 is 13.4. The molecule has 0 unspecified atom stereocenters. The third-order valence-electron chi connectivity index (χ3n) is 2.63. The lowest BCUT2D eigenvalue weighted by molar-refractivity contribution is 0.321. The molecule has 1 rings (SSSR count). The van der Waals surface area contributed by atoms with Gasteiger partial charge in [0.2, 0.25) is 0 Å². The largest absolute Gasteiger partial charge is 0.411 e. The molecule has 0 heterocycles. The first-order valence-electron chi connectivity index (χ1n) is 5.74. The van der Waals surface area contributed by atoms with Gasteiger partial charge < -0.3 is 5.21 Å². The molecule has 0 spiro atoms. The molecule has 16 heavy (non-hydrogen) atoms. The predicted octanol–water partition coefficient (Wildman–Crippen LogP) is 3.76. The summed E-state index contributed by atoms with van der Waals surface area (Å²) >= 11 is 0. The van der Waals surface area contributed by atoms with E-state index >= 15 is 0 Å². The third kappa shape index (κ3) is 3.65. The number of nitrogens with zero attached hydrogens (tertiary/aromatic N) is 1. The average molecular weight is 223 g/mol. The van der Waals surface area contributed by atoms with E-state index in [0.29, 0.717) is 5.56 Å². The highest BCUT2D eigenvalue weighted by Crippen LogP contribution is 2.15. The first-order chi connectivity index (χ1) is 7.79. The zero-order valence-electron chi connectivity index (χ0n) is 9.62. The standard InChI is InChI=1S/C13H18FNO/c1-2-3-4-5-7-11-8-6-9-13(14)12(11)10-15-16/h6,8-10,16H,2-5,7H2,1H3/b15-10+. The number of benzene rings is 1. The molecule has 1 aromatic rings. The quantitative estimate of drug-likeness (QED) is 0.339. The Morgan fingerprint density at radius 1 is 1.31 bits per heavy atom. The molecular formula is C13H18FNO. The summed E-state index contributed by atoms with van der Waals surface area (Å²) in [5.41, 5.74) is 1.32. The molecule has 88 valence electrons. The van der Waals surface area contributed by atoms with E-state index in [1.54, 1.807) is 6.07 Å². The maximum Gasteiger partial charge on any atom is 0.132 e. The van der Waals surface area contributed by atoms with Crippen molar-refractivity contribution in [2.45, 2.75) is 39.0 Å². The molecule has 3 heteroatoms. The fraction of sp³-hybridized carbons (Fsp3) is 0.462. The van der Waals surface area contributed by atoms with Crippen LogP contribution in [0.25, 0.3) is 0 Å². The van der Waals surface area contributed by atoms with Crippen LogP contribution in [0.1, 0.15) is 43.7 Å². The summed E-state index contributed by atoms with van der Waals surface area (Å²) in [4.78, 5) is 0. The number of hydrogen-bond donors (Lipinski definition) is 1. The molecule has 0 fully saturated rings. The molecule has 2 nitrogen and oxygen atoms in total. The van der Waals surface area contributed by atoms with Crippen LogP contribution in [0.3, 0.4) is 0 Å². The Balaban J connectivity index is 2.67. The van der Waals surface area contributed by atoms with Gasteiger partial charge in [-0.05, 0) is 24.5 Å². The summed E-state index contributed by atoms with van der Waals surface area (Å²) in [5.74, 6) is -0.328. The van der Waals surface area contributed by atoms with E-state index < -0.39 is 0 Å². The monoisotopic (exact) mass is 223 g/mol. The van der Waals surface area contributed by atoms with Crippen LogP contribution < -0.4 is 0 Å². The first-order valence-corrected chi connectivity index (χ1v) is 5.74. The first kappa shape index (κ1) is 12.7. The van der Waals surface area contributed by atoms with Gasteiger partial charge in [0.25, 0.3) is 0 Å². The fourth-order valence-corrected chi connectivity index (χ4v) is 1.74. The Morgan fingerprint density at radius 2 is 2.12 bits per heavy atom. The number of hydrogen-bond acceptors (Lipinski definition) is 2. The number of halogens is 1. The summed E-state index contributed by atoms with van der Waals surface area (Å²) in [6.07, 6.45) is 6.60. The van der Waals surface area contributed by atoms with E-state index in [2.05, 4.69) is 12.1 Å². The molecule has 0 saturated heterocycles. The second-order valence-corrected chi connectivity index (χ2v) is 3.87. The van der Waals surface area contributed by atoms with Gasteiger partial charge in [-0.1, -0.05) is 43.5 Å².